The Morgan fingerprint density at radius 2 is 1.78 bits per heavy atom. The summed E-state index contributed by atoms with van der Waals surface area (Å²) in [6, 6.07) is 8.16. The Morgan fingerprint density at radius 3 is 2.38 bits per heavy atom. The van der Waals surface area contributed by atoms with Gasteiger partial charge in [-0.25, -0.2) is 0 Å². The number of benzene rings is 1. The Morgan fingerprint density at radius 1 is 1.03 bits per heavy atom. The molecule has 1 aliphatic carbocycles. The number of hydrogen-bond acceptors (Lipinski definition) is 4. The second-order valence-corrected chi connectivity index (χ2v) is 8.96. The molecule has 3 aliphatic rings. The van der Waals surface area contributed by atoms with Crippen LogP contribution in [0.2, 0.25) is 0 Å². The molecule has 0 aromatic heterocycles. The molecule has 0 atom stereocenters. The maximum absolute atomic E-state index is 12.4. The van der Waals surface area contributed by atoms with Crippen LogP contribution >= 0.6 is 0 Å². The summed E-state index contributed by atoms with van der Waals surface area (Å²) in [4.78, 5) is 34.9. The van der Waals surface area contributed by atoms with E-state index in [-0.39, 0.29) is 5.91 Å². The number of nitrogens with one attached hydrogen (secondary N) is 2. The number of amides is 2. The zero-order valence-corrected chi connectivity index (χ0v) is 19.2. The molecule has 0 radical (unpaired) electrons. The Hall–Kier alpha value is -2.61. The van der Waals surface area contributed by atoms with Crippen LogP contribution in [0.4, 0.5) is 5.69 Å². The van der Waals surface area contributed by atoms with Crippen molar-refractivity contribution in [3.8, 4) is 0 Å². The minimum Gasteiger partial charge on any atom is -0.355 e. The summed E-state index contributed by atoms with van der Waals surface area (Å²) >= 11 is 0. The van der Waals surface area contributed by atoms with Crippen LogP contribution in [0.5, 0.6) is 0 Å². The van der Waals surface area contributed by atoms with Gasteiger partial charge in [-0.3, -0.25) is 19.5 Å². The van der Waals surface area contributed by atoms with E-state index in [2.05, 4.69) is 37.6 Å². The van der Waals surface area contributed by atoms with Crippen molar-refractivity contribution in [2.24, 2.45) is 10.9 Å². The first kappa shape index (κ1) is 22.6. The number of anilines is 1. The summed E-state index contributed by atoms with van der Waals surface area (Å²) < 4.78 is 0. The highest BCUT2D eigenvalue weighted by Gasteiger charge is 2.31. The van der Waals surface area contributed by atoms with E-state index in [0.29, 0.717) is 24.8 Å². The van der Waals surface area contributed by atoms with E-state index in [0.717, 1.165) is 82.3 Å². The lowest BCUT2D eigenvalue weighted by Gasteiger charge is -2.38. The van der Waals surface area contributed by atoms with Crippen LogP contribution in [0.3, 0.4) is 0 Å². The summed E-state index contributed by atoms with van der Waals surface area (Å²) in [5.41, 5.74) is 2.13. The van der Waals surface area contributed by atoms with Gasteiger partial charge in [0, 0.05) is 77.4 Å². The van der Waals surface area contributed by atoms with Crippen molar-refractivity contribution in [2.45, 2.75) is 38.6 Å². The van der Waals surface area contributed by atoms with Crippen molar-refractivity contribution in [2.75, 3.05) is 57.8 Å². The number of piperazine rings is 1. The molecule has 1 saturated carbocycles. The van der Waals surface area contributed by atoms with E-state index in [1.54, 1.807) is 7.05 Å². The number of hydrogen-bond donors (Lipinski definition) is 2. The van der Waals surface area contributed by atoms with Gasteiger partial charge < -0.3 is 20.4 Å². The zero-order chi connectivity index (χ0) is 22.3. The number of carbonyl (C=O) groups excluding carboxylic acids is 2. The lowest BCUT2D eigenvalue weighted by molar-refractivity contribution is -0.139. The predicted molar refractivity (Wildman–Crippen MR) is 127 cm³/mol. The third kappa shape index (κ3) is 5.59. The molecular weight excluding hydrogens is 404 g/mol. The first-order chi connectivity index (χ1) is 15.6. The minimum atomic E-state index is 0.215. The molecule has 174 valence electrons. The molecule has 2 aliphatic heterocycles. The summed E-state index contributed by atoms with van der Waals surface area (Å²) in [5, 5.41) is 6.74. The first-order valence-electron chi connectivity index (χ1n) is 12.0. The van der Waals surface area contributed by atoms with Gasteiger partial charge in [0.15, 0.2) is 5.96 Å². The van der Waals surface area contributed by atoms with Gasteiger partial charge in [0.05, 0.1) is 0 Å². The molecule has 3 fully saturated rings. The lowest BCUT2D eigenvalue weighted by Crippen LogP contribution is -2.52. The molecule has 8 heteroatoms. The Bertz CT molecular complexity index is 812. The first-order valence-corrected chi connectivity index (χ1v) is 12.0. The molecule has 8 nitrogen and oxygen atoms in total. The van der Waals surface area contributed by atoms with Crippen LogP contribution in [0, 0.1) is 5.92 Å². The molecule has 2 N–H and O–H groups in total. The molecule has 1 aromatic rings. The summed E-state index contributed by atoms with van der Waals surface area (Å²) in [5.74, 6) is 1.67. The van der Waals surface area contributed by atoms with E-state index < -0.39 is 0 Å². The maximum atomic E-state index is 12.4. The molecule has 4 rings (SSSR count). The molecule has 0 bridgehead atoms. The van der Waals surface area contributed by atoms with Crippen LogP contribution in [-0.4, -0.2) is 80.4 Å². The number of rotatable bonds is 7. The van der Waals surface area contributed by atoms with Crippen molar-refractivity contribution in [3.05, 3.63) is 29.8 Å². The smallest absolute Gasteiger partial charge is 0.227 e. The monoisotopic (exact) mass is 440 g/mol. The quantitative estimate of drug-likeness (QED) is 0.495. The highest BCUT2D eigenvalue weighted by molar-refractivity contribution is 5.95. The normalized spacial score (nSPS) is 20.4. The van der Waals surface area contributed by atoms with Crippen LogP contribution in [0.1, 0.15) is 37.7 Å². The molecule has 0 spiro atoms. The van der Waals surface area contributed by atoms with Crippen LogP contribution in [0.25, 0.3) is 0 Å². The number of aliphatic imine (C=N–C) groups is 1. The minimum absolute atomic E-state index is 0.215. The third-order valence-electron chi connectivity index (χ3n) is 6.86. The molecule has 2 amide bonds. The summed E-state index contributed by atoms with van der Waals surface area (Å²) in [6.45, 7) is 6.82. The van der Waals surface area contributed by atoms with Crippen LogP contribution in [-0.2, 0) is 16.1 Å². The average molecular weight is 441 g/mol. The van der Waals surface area contributed by atoms with Gasteiger partial charge >= 0.3 is 0 Å². The fraction of sp³-hybridized carbons (Fsp3) is 0.625. The number of carbonyl (C=O) groups is 2. The largest absolute Gasteiger partial charge is 0.355 e. The fourth-order valence-electron chi connectivity index (χ4n) is 4.56. The Balaban J connectivity index is 1.13. The zero-order valence-electron chi connectivity index (χ0n) is 19.2. The van der Waals surface area contributed by atoms with Gasteiger partial charge in [0.2, 0.25) is 11.8 Å². The summed E-state index contributed by atoms with van der Waals surface area (Å²) in [6.07, 6.45) is 4.97. The SMILES string of the molecule is CN=C(NCCN1CCN(C(=O)C2CCC2)CC1)NCc1ccc(N2CCCC2=O)cc1. The summed E-state index contributed by atoms with van der Waals surface area (Å²) in [7, 11) is 1.78. The Kier molecular flexibility index (Phi) is 7.63. The molecule has 2 saturated heterocycles. The van der Waals surface area contributed by atoms with Gasteiger partial charge in [-0.05, 0) is 37.0 Å². The molecule has 0 unspecified atom stereocenters. The second kappa shape index (κ2) is 10.8. The van der Waals surface area contributed by atoms with Gasteiger partial charge in [0.25, 0.3) is 0 Å². The van der Waals surface area contributed by atoms with Gasteiger partial charge in [0.1, 0.15) is 0 Å². The van der Waals surface area contributed by atoms with Crippen molar-refractivity contribution < 1.29 is 9.59 Å². The van der Waals surface area contributed by atoms with E-state index >= 15 is 0 Å². The average Bonchev–Trinajstić information content (AvgIpc) is 3.21. The molecule has 32 heavy (non-hydrogen) atoms. The standard InChI is InChI=1S/C24H36N6O2/c1-25-24(27-18-19-7-9-21(10-8-19)30-12-3-6-22(30)31)26-11-13-28-14-16-29(17-15-28)23(32)20-4-2-5-20/h7-10,20H,2-6,11-18H2,1H3,(H2,25,26,27). The van der Waals surface area contributed by atoms with Gasteiger partial charge in [-0.1, -0.05) is 18.6 Å². The fourth-order valence-corrected chi connectivity index (χ4v) is 4.56. The lowest BCUT2D eigenvalue weighted by atomic mass is 9.84. The topological polar surface area (TPSA) is 80.3 Å². The predicted octanol–water partition coefficient (Wildman–Crippen LogP) is 1.42. The number of nitrogens with zero attached hydrogens (tertiary/aromatic N) is 4. The highest BCUT2D eigenvalue weighted by Crippen LogP contribution is 2.28. The van der Waals surface area contributed by atoms with Crippen molar-refractivity contribution in [3.63, 3.8) is 0 Å². The van der Waals surface area contributed by atoms with Crippen LogP contribution in [0.15, 0.2) is 29.3 Å². The molecule has 1 aromatic carbocycles. The van der Waals surface area contributed by atoms with Crippen molar-refractivity contribution >= 4 is 23.5 Å². The van der Waals surface area contributed by atoms with Gasteiger partial charge in [-0.15, -0.1) is 0 Å². The van der Waals surface area contributed by atoms with Crippen LogP contribution < -0.4 is 15.5 Å². The number of guanidine groups is 1. The maximum Gasteiger partial charge on any atom is 0.227 e. The van der Waals surface area contributed by atoms with Crippen molar-refractivity contribution in [1.82, 2.24) is 20.4 Å². The van der Waals surface area contributed by atoms with E-state index in [9.17, 15) is 9.59 Å². The van der Waals surface area contributed by atoms with E-state index in [4.69, 9.17) is 0 Å². The molecular formula is C24H36N6O2. The second-order valence-electron chi connectivity index (χ2n) is 8.96. The Labute approximate surface area is 191 Å². The molecule has 2 heterocycles. The highest BCUT2D eigenvalue weighted by atomic mass is 16.2. The van der Waals surface area contributed by atoms with Gasteiger partial charge in [-0.2, -0.15) is 0 Å². The van der Waals surface area contributed by atoms with E-state index in [1.807, 2.05) is 17.0 Å². The van der Waals surface area contributed by atoms with Crippen molar-refractivity contribution in [1.29, 1.82) is 0 Å². The van der Waals surface area contributed by atoms with E-state index in [1.165, 1.54) is 6.42 Å². The third-order valence-corrected chi connectivity index (χ3v) is 6.86.